The molecular weight excluding hydrogens is 256 g/mol. The molecule has 0 atom stereocenters. The van der Waals surface area contributed by atoms with Crippen molar-refractivity contribution in [1.82, 2.24) is 0 Å². The Kier molecular flexibility index (Phi) is 4.65. The van der Waals surface area contributed by atoms with E-state index in [1.165, 1.54) is 6.26 Å². The highest BCUT2D eigenvalue weighted by atomic mass is 32.2. The maximum Gasteiger partial charge on any atom is 0.175 e. The number of sulfone groups is 1. The van der Waals surface area contributed by atoms with E-state index in [0.717, 1.165) is 5.56 Å². The van der Waals surface area contributed by atoms with Gasteiger partial charge in [-0.1, -0.05) is 26.0 Å². The fraction of sp³-hybridized carbons (Fsp3) is 0.417. The Morgan fingerprint density at radius 1 is 1.29 bits per heavy atom. The lowest BCUT2D eigenvalue weighted by atomic mass is 10.2. The number of hydrogen-bond acceptors (Lipinski definition) is 4. The van der Waals surface area contributed by atoms with Crippen molar-refractivity contribution >= 4 is 27.1 Å². The molecule has 1 aromatic rings. The van der Waals surface area contributed by atoms with Crippen LogP contribution in [0.3, 0.4) is 0 Å². The molecule has 0 N–H and O–H groups in total. The van der Waals surface area contributed by atoms with E-state index >= 15 is 0 Å². The second kappa shape index (κ2) is 5.60. The van der Waals surface area contributed by atoms with E-state index < -0.39 is 9.84 Å². The number of ether oxygens (including phenoxy) is 1. The zero-order valence-corrected chi connectivity index (χ0v) is 11.8. The number of rotatable bonds is 4. The molecule has 0 aliphatic rings. The lowest BCUT2D eigenvalue weighted by molar-refractivity contribution is 0.283. The lowest BCUT2D eigenvalue weighted by Crippen LogP contribution is -2.09. The zero-order valence-electron chi connectivity index (χ0n) is 10.1. The summed E-state index contributed by atoms with van der Waals surface area (Å²) in [5, 5.41) is 0.567. The van der Waals surface area contributed by atoms with E-state index in [-0.39, 0.29) is 5.92 Å². The molecule has 0 unspecified atom stereocenters. The first-order valence-electron chi connectivity index (χ1n) is 5.26. The van der Waals surface area contributed by atoms with Crippen LogP contribution in [0, 0.1) is 5.92 Å². The summed E-state index contributed by atoms with van der Waals surface area (Å²) >= 11 is 5.04. The largest absolute Gasteiger partial charge is 0.482 e. The average Bonchev–Trinajstić information content (AvgIpc) is 2.25. The van der Waals surface area contributed by atoms with Gasteiger partial charge < -0.3 is 4.74 Å². The lowest BCUT2D eigenvalue weighted by Gasteiger charge is -2.10. The summed E-state index contributed by atoms with van der Waals surface area (Å²) in [4.78, 5) is 0.313. The third-order valence-corrected chi connectivity index (χ3v) is 3.92. The van der Waals surface area contributed by atoms with E-state index in [0.29, 0.717) is 16.6 Å². The molecule has 1 rings (SSSR count). The molecule has 3 nitrogen and oxygen atoms in total. The molecule has 0 bridgehead atoms. The van der Waals surface area contributed by atoms with Crippen molar-refractivity contribution in [2.45, 2.75) is 25.3 Å². The molecule has 94 valence electrons. The zero-order chi connectivity index (χ0) is 13.1. The maximum absolute atomic E-state index is 11.2. The van der Waals surface area contributed by atoms with Crippen LogP contribution in [0.2, 0.25) is 0 Å². The molecule has 0 spiro atoms. The summed E-state index contributed by atoms with van der Waals surface area (Å²) in [6.45, 7) is 4.31. The molecule has 5 heteroatoms. The standard InChI is InChI=1S/C12H16O3S2/c1-9(2)12(16)15-8-10-4-6-11(7-5-10)17(3,13)14/h4-7,9H,8H2,1-3H3. The van der Waals surface area contributed by atoms with Crippen LogP contribution < -0.4 is 0 Å². The van der Waals surface area contributed by atoms with Crippen molar-refractivity contribution in [3.8, 4) is 0 Å². The van der Waals surface area contributed by atoms with Gasteiger partial charge in [0.25, 0.3) is 0 Å². The second-order valence-electron chi connectivity index (χ2n) is 4.18. The van der Waals surface area contributed by atoms with Gasteiger partial charge in [-0.05, 0) is 29.9 Å². The molecule has 0 aliphatic carbocycles. The van der Waals surface area contributed by atoms with Crippen LogP contribution in [-0.2, 0) is 21.2 Å². The highest BCUT2D eigenvalue weighted by Gasteiger charge is 2.07. The fourth-order valence-electron chi connectivity index (χ4n) is 1.15. The summed E-state index contributed by atoms with van der Waals surface area (Å²) < 4.78 is 27.9. The van der Waals surface area contributed by atoms with Crippen LogP contribution in [0.4, 0.5) is 0 Å². The summed E-state index contributed by atoms with van der Waals surface area (Å²) in [5.74, 6) is 0.209. The quantitative estimate of drug-likeness (QED) is 0.790. The van der Waals surface area contributed by atoms with Gasteiger partial charge in [0, 0.05) is 12.2 Å². The highest BCUT2D eigenvalue weighted by Crippen LogP contribution is 2.12. The van der Waals surface area contributed by atoms with Crippen molar-refractivity contribution in [2.24, 2.45) is 5.92 Å². The topological polar surface area (TPSA) is 43.4 Å². The average molecular weight is 272 g/mol. The third-order valence-electron chi connectivity index (χ3n) is 2.20. The van der Waals surface area contributed by atoms with E-state index in [1.54, 1.807) is 24.3 Å². The number of hydrogen-bond donors (Lipinski definition) is 0. The molecule has 0 saturated heterocycles. The van der Waals surface area contributed by atoms with Gasteiger partial charge in [-0.2, -0.15) is 0 Å². The molecule has 0 heterocycles. The third kappa shape index (κ3) is 4.44. The van der Waals surface area contributed by atoms with Crippen LogP contribution in [-0.4, -0.2) is 19.7 Å². The van der Waals surface area contributed by atoms with Gasteiger partial charge in [0.2, 0.25) is 0 Å². The minimum Gasteiger partial charge on any atom is -0.482 e. The molecular formula is C12H16O3S2. The SMILES string of the molecule is CC(C)C(=S)OCc1ccc(S(C)(=O)=O)cc1. The van der Waals surface area contributed by atoms with E-state index in [2.05, 4.69) is 0 Å². The first kappa shape index (κ1) is 14.1. The smallest absolute Gasteiger partial charge is 0.175 e. The molecule has 0 saturated carbocycles. The Morgan fingerprint density at radius 2 is 1.82 bits per heavy atom. The Labute approximate surface area is 108 Å². The summed E-state index contributed by atoms with van der Waals surface area (Å²) in [6, 6.07) is 6.62. The number of benzene rings is 1. The second-order valence-corrected chi connectivity index (χ2v) is 6.60. The number of thiocarbonyl (C=S) groups is 1. The first-order chi connectivity index (χ1) is 7.80. The maximum atomic E-state index is 11.2. The van der Waals surface area contributed by atoms with Crippen LogP contribution >= 0.6 is 12.2 Å². The van der Waals surface area contributed by atoms with Gasteiger partial charge in [-0.25, -0.2) is 8.42 Å². The Hall–Kier alpha value is -0.940. The van der Waals surface area contributed by atoms with Crippen molar-refractivity contribution < 1.29 is 13.2 Å². The van der Waals surface area contributed by atoms with Crippen molar-refractivity contribution in [1.29, 1.82) is 0 Å². The van der Waals surface area contributed by atoms with Gasteiger partial charge in [0.05, 0.1) is 4.90 Å². The minimum absolute atomic E-state index is 0.209. The molecule has 17 heavy (non-hydrogen) atoms. The van der Waals surface area contributed by atoms with Crippen LogP contribution in [0.1, 0.15) is 19.4 Å². The van der Waals surface area contributed by atoms with Gasteiger partial charge >= 0.3 is 0 Å². The summed E-state index contributed by atoms with van der Waals surface area (Å²) in [6.07, 6.45) is 1.19. The molecule has 0 amide bonds. The van der Waals surface area contributed by atoms with Crippen LogP contribution in [0.5, 0.6) is 0 Å². The van der Waals surface area contributed by atoms with E-state index in [9.17, 15) is 8.42 Å². The van der Waals surface area contributed by atoms with Crippen molar-refractivity contribution in [3.63, 3.8) is 0 Å². The molecule has 0 aliphatic heterocycles. The van der Waals surface area contributed by atoms with Crippen LogP contribution in [0.25, 0.3) is 0 Å². The fourth-order valence-corrected chi connectivity index (χ4v) is 1.84. The van der Waals surface area contributed by atoms with Gasteiger partial charge in [-0.3, -0.25) is 0 Å². The van der Waals surface area contributed by atoms with E-state index in [4.69, 9.17) is 17.0 Å². The first-order valence-corrected chi connectivity index (χ1v) is 7.56. The minimum atomic E-state index is -3.13. The normalized spacial score (nSPS) is 11.5. The highest BCUT2D eigenvalue weighted by molar-refractivity contribution is 7.90. The summed E-state index contributed by atoms with van der Waals surface area (Å²) in [5.41, 5.74) is 0.903. The van der Waals surface area contributed by atoms with Crippen molar-refractivity contribution in [3.05, 3.63) is 29.8 Å². The Morgan fingerprint density at radius 3 is 2.24 bits per heavy atom. The molecule has 1 aromatic carbocycles. The van der Waals surface area contributed by atoms with Gasteiger partial charge in [0.15, 0.2) is 14.9 Å². The van der Waals surface area contributed by atoms with E-state index in [1.807, 2.05) is 13.8 Å². The molecule has 0 aromatic heterocycles. The van der Waals surface area contributed by atoms with Gasteiger partial charge in [0.1, 0.15) is 6.61 Å². The Bertz CT molecular complexity index is 487. The van der Waals surface area contributed by atoms with Crippen molar-refractivity contribution in [2.75, 3.05) is 6.26 Å². The van der Waals surface area contributed by atoms with Crippen LogP contribution in [0.15, 0.2) is 29.2 Å². The Balaban J connectivity index is 2.67. The summed E-state index contributed by atoms with van der Waals surface area (Å²) in [7, 11) is -3.13. The molecule has 0 radical (unpaired) electrons. The monoisotopic (exact) mass is 272 g/mol. The molecule has 0 fully saturated rings. The predicted molar refractivity (Wildman–Crippen MR) is 71.8 cm³/mol. The van der Waals surface area contributed by atoms with Gasteiger partial charge in [-0.15, -0.1) is 0 Å². The predicted octanol–water partition coefficient (Wildman–Crippen LogP) is 2.59.